The molecule has 0 aliphatic heterocycles. The van der Waals surface area contributed by atoms with Crippen molar-refractivity contribution in [1.29, 1.82) is 0 Å². The number of phosphoric ester groups is 2. The maximum atomic E-state index is 13.1. The van der Waals surface area contributed by atoms with E-state index in [-0.39, 0.29) is 25.7 Å². The fraction of sp³-hybridized carbons (Fsp3) is 0.950. The summed E-state index contributed by atoms with van der Waals surface area (Å²) in [6, 6.07) is 0. The van der Waals surface area contributed by atoms with Gasteiger partial charge in [-0.25, -0.2) is 9.13 Å². The molecule has 588 valence electrons. The number of carbonyl (C=O) groups excluding carboxylic acids is 4. The molecule has 5 atom stereocenters. The third-order valence-corrected chi connectivity index (χ3v) is 20.7. The van der Waals surface area contributed by atoms with Crippen LogP contribution in [0.15, 0.2) is 0 Å². The van der Waals surface area contributed by atoms with Crippen molar-refractivity contribution in [3.63, 3.8) is 0 Å². The van der Waals surface area contributed by atoms with Crippen molar-refractivity contribution >= 4 is 39.5 Å². The van der Waals surface area contributed by atoms with Crippen LogP contribution in [0.5, 0.6) is 0 Å². The lowest BCUT2D eigenvalue weighted by Gasteiger charge is -2.21. The second-order valence-electron chi connectivity index (χ2n) is 29.3. The van der Waals surface area contributed by atoms with Gasteiger partial charge in [-0.2, -0.15) is 0 Å². The first-order chi connectivity index (χ1) is 48.0. The van der Waals surface area contributed by atoms with Crippen LogP contribution in [0.3, 0.4) is 0 Å². The van der Waals surface area contributed by atoms with Crippen LogP contribution in [-0.4, -0.2) is 96.7 Å². The number of rotatable bonds is 80. The van der Waals surface area contributed by atoms with Crippen LogP contribution < -0.4 is 0 Å². The second kappa shape index (κ2) is 73.0. The molecule has 2 unspecified atom stereocenters. The van der Waals surface area contributed by atoms with Gasteiger partial charge in [0.2, 0.25) is 0 Å². The highest BCUT2D eigenvalue weighted by Crippen LogP contribution is 2.45. The molecule has 19 heteroatoms. The van der Waals surface area contributed by atoms with E-state index in [9.17, 15) is 43.2 Å². The van der Waals surface area contributed by atoms with E-state index in [4.69, 9.17) is 37.0 Å². The lowest BCUT2D eigenvalue weighted by atomic mass is 10.0. The summed E-state index contributed by atoms with van der Waals surface area (Å²) in [5, 5.41) is 10.6. The Bertz CT molecular complexity index is 1890. The summed E-state index contributed by atoms with van der Waals surface area (Å²) in [4.78, 5) is 72.8. The molecular formula is C80H156O17P2. The Balaban J connectivity index is 5.16. The molecule has 3 N–H and O–H groups in total. The SMILES string of the molecule is CCCCCCCCCCCCCCCCCCCCCCCCC(=O)O[C@H](COC(=O)CCCCCCCCCCCCCCCCCC(C)C)COP(=O)(O)OC[C@@H](O)COP(=O)(O)OC[C@@H](COC(=O)CCCCCCCCCC)OC(=O)CCCCCCCCCCCCC. The number of aliphatic hydroxyl groups is 1. The zero-order chi connectivity index (χ0) is 72.7. The number of unbranched alkanes of at least 4 members (excludes halogenated alkanes) is 52. The molecule has 0 saturated carbocycles. The van der Waals surface area contributed by atoms with E-state index < -0.39 is 97.5 Å². The third-order valence-electron chi connectivity index (χ3n) is 18.8. The Kier molecular flexibility index (Phi) is 71.6. The molecule has 0 heterocycles. The van der Waals surface area contributed by atoms with Crippen LogP contribution in [0.4, 0.5) is 0 Å². The first-order valence-electron chi connectivity index (χ1n) is 41.6. The Morgan fingerprint density at radius 2 is 0.465 bits per heavy atom. The zero-order valence-electron chi connectivity index (χ0n) is 64.6. The number of hydrogen-bond acceptors (Lipinski definition) is 15. The average molecular weight is 1450 g/mol. The van der Waals surface area contributed by atoms with Crippen LogP contribution in [0, 0.1) is 5.92 Å². The van der Waals surface area contributed by atoms with Crippen LogP contribution in [0.25, 0.3) is 0 Å². The number of ether oxygens (including phenoxy) is 4. The van der Waals surface area contributed by atoms with Crippen LogP contribution in [-0.2, 0) is 65.4 Å². The summed E-state index contributed by atoms with van der Waals surface area (Å²) in [5.74, 6) is -1.31. The number of phosphoric acid groups is 2. The van der Waals surface area contributed by atoms with Crippen molar-refractivity contribution in [3.05, 3.63) is 0 Å². The van der Waals surface area contributed by atoms with E-state index in [2.05, 4.69) is 34.6 Å². The van der Waals surface area contributed by atoms with Crippen molar-refractivity contribution in [2.24, 2.45) is 5.92 Å². The maximum Gasteiger partial charge on any atom is 0.472 e. The van der Waals surface area contributed by atoms with E-state index in [1.165, 1.54) is 244 Å². The van der Waals surface area contributed by atoms with Crippen LogP contribution in [0.1, 0.15) is 426 Å². The largest absolute Gasteiger partial charge is 0.472 e. The summed E-state index contributed by atoms with van der Waals surface area (Å²) in [5.41, 5.74) is 0. The van der Waals surface area contributed by atoms with Gasteiger partial charge in [-0.1, -0.05) is 375 Å². The molecule has 0 aliphatic rings. The highest BCUT2D eigenvalue weighted by atomic mass is 31.2. The molecule has 0 fully saturated rings. The fourth-order valence-electron chi connectivity index (χ4n) is 12.4. The predicted molar refractivity (Wildman–Crippen MR) is 405 cm³/mol. The lowest BCUT2D eigenvalue weighted by Crippen LogP contribution is -2.30. The topological polar surface area (TPSA) is 237 Å². The van der Waals surface area contributed by atoms with E-state index in [1.807, 2.05) is 0 Å². The van der Waals surface area contributed by atoms with E-state index in [0.29, 0.717) is 25.7 Å². The van der Waals surface area contributed by atoms with Crippen molar-refractivity contribution in [2.45, 2.75) is 445 Å². The third kappa shape index (κ3) is 74.1. The first-order valence-corrected chi connectivity index (χ1v) is 44.6. The molecule has 0 saturated heterocycles. The average Bonchev–Trinajstić information content (AvgIpc) is 1.23. The van der Waals surface area contributed by atoms with E-state index >= 15 is 0 Å². The standard InChI is InChI=1S/C80H156O17P2/c1-6-9-12-15-18-21-23-24-25-26-27-28-29-30-31-34-38-42-46-51-56-61-66-80(85)97-76(70-91-78(83)64-59-54-49-44-41-37-35-32-33-36-40-43-47-52-57-62-73(4)5)72-95-99(88,89)93-68-74(81)67-92-98(86,87)94-71-75(69-90-77(82)63-58-53-48-20-17-14-11-8-3)96-79(84)65-60-55-50-45-39-22-19-16-13-10-7-2/h73-76,81H,6-72H2,1-5H3,(H,86,87)(H,88,89)/t74-,75+,76+/m0/s1. The number of hydrogen-bond donors (Lipinski definition) is 3. The molecule has 0 aliphatic carbocycles. The smallest absolute Gasteiger partial charge is 0.462 e. The molecule has 0 rings (SSSR count). The minimum absolute atomic E-state index is 0.107. The number of esters is 4. The van der Waals surface area contributed by atoms with Crippen LogP contribution in [0.2, 0.25) is 0 Å². The van der Waals surface area contributed by atoms with Crippen LogP contribution >= 0.6 is 15.6 Å². The van der Waals surface area contributed by atoms with Gasteiger partial charge in [-0.05, 0) is 31.6 Å². The van der Waals surface area contributed by atoms with Gasteiger partial charge >= 0.3 is 39.5 Å². The van der Waals surface area contributed by atoms with Gasteiger partial charge in [-0.3, -0.25) is 37.3 Å². The van der Waals surface area contributed by atoms with E-state index in [0.717, 1.165) is 102 Å². The Hall–Kier alpha value is -1.94. The molecule has 0 aromatic rings. The van der Waals surface area contributed by atoms with Gasteiger partial charge in [0.15, 0.2) is 12.2 Å². The van der Waals surface area contributed by atoms with Crippen molar-refractivity contribution in [1.82, 2.24) is 0 Å². The minimum Gasteiger partial charge on any atom is -0.462 e. The molecule has 0 spiro atoms. The van der Waals surface area contributed by atoms with Crippen molar-refractivity contribution in [2.75, 3.05) is 39.6 Å². The molecular weight excluding hydrogens is 1290 g/mol. The normalized spacial score (nSPS) is 13.9. The van der Waals surface area contributed by atoms with Gasteiger partial charge in [0.1, 0.15) is 19.3 Å². The highest BCUT2D eigenvalue weighted by molar-refractivity contribution is 7.47. The molecule has 0 amide bonds. The Morgan fingerprint density at radius 3 is 0.687 bits per heavy atom. The summed E-state index contributed by atoms with van der Waals surface area (Å²) in [6.07, 6.45) is 64.0. The summed E-state index contributed by atoms with van der Waals surface area (Å²) < 4.78 is 68.5. The fourth-order valence-corrected chi connectivity index (χ4v) is 14.0. The second-order valence-corrected chi connectivity index (χ2v) is 32.2. The summed E-state index contributed by atoms with van der Waals surface area (Å²) in [6.45, 7) is 7.31. The van der Waals surface area contributed by atoms with Crippen molar-refractivity contribution < 1.29 is 80.2 Å². The highest BCUT2D eigenvalue weighted by Gasteiger charge is 2.30. The molecule has 0 aromatic heterocycles. The monoisotopic (exact) mass is 1450 g/mol. The van der Waals surface area contributed by atoms with Gasteiger partial charge in [0.25, 0.3) is 0 Å². The lowest BCUT2D eigenvalue weighted by molar-refractivity contribution is -0.161. The summed E-state index contributed by atoms with van der Waals surface area (Å²) >= 11 is 0. The quantitative estimate of drug-likeness (QED) is 0.0222. The first kappa shape index (κ1) is 97.1. The number of aliphatic hydroxyl groups excluding tert-OH is 1. The summed E-state index contributed by atoms with van der Waals surface area (Å²) in [7, 11) is -9.91. The molecule has 0 bridgehead atoms. The predicted octanol–water partition coefficient (Wildman–Crippen LogP) is 24.0. The minimum atomic E-state index is -4.96. The zero-order valence-corrected chi connectivity index (χ0v) is 66.4. The molecule has 0 aromatic carbocycles. The molecule has 99 heavy (non-hydrogen) atoms. The van der Waals surface area contributed by atoms with Gasteiger partial charge in [0.05, 0.1) is 26.4 Å². The van der Waals surface area contributed by atoms with Gasteiger partial charge in [-0.15, -0.1) is 0 Å². The number of carbonyl (C=O) groups is 4. The van der Waals surface area contributed by atoms with Gasteiger partial charge < -0.3 is 33.8 Å². The Morgan fingerprint density at radius 1 is 0.273 bits per heavy atom. The van der Waals surface area contributed by atoms with E-state index in [1.54, 1.807) is 0 Å². The van der Waals surface area contributed by atoms with Crippen molar-refractivity contribution in [3.8, 4) is 0 Å². The molecule has 0 radical (unpaired) electrons. The maximum absolute atomic E-state index is 13.1. The van der Waals surface area contributed by atoms with Gasteiger partial charge in [0, 0.05) is 25.7 Å². The Labute approximate surface area is 607 Å². The molecule has 17 nitrogen and oxygen atoms in total.